The Bertz CT molecular complexity index is 1270. The van der Waals surface area contributed by atoms with Gasteiger partial charge in [0, 0.05) is 62.8 Å². The average Bonchev–Trinajstić information content (AvgIpc) is 3.35. The number of aromatic nitrogens is 4. The highest BCUT2D eigenvalue weighted by molar-refractivity contribution is 6.31. The van der Waals surface area contributed by atoms with Crippen LogP contribution in [-0.4, -0.2) is 88.4 Å². The van der Waals surface area contributed by atoms with Crippen molar-refractivity contribution < 1.29 is 13.9 Å². The molecule has 3 N–H and O–H groups in total. The summed E-state index contributed by atoms with van der Waals surface area (Å²) in [6, 6.07) is 8.41. The van der Waals surface area contributed by atoms with Gasteiger partial charge < -0.3 is 20.3 Å². The maximum atomic E-state index is 14.4. The van der Waals surface area contributed by atoms with Gasteiger partial charge in [0.05, 0.1) is 23.8 Å². The number of likely N-dealkylation sites (tertiary alicyclic amines) is 1. The molecule has 0 aliphatic carbocycles. The number of halogens is 2. The lowest BCUT2D eigenvalue weighted by molar-refractivity contribution is 0.0398. The van der Waals surface area contributed by atoms with Gasteiger partial charge in [-0.1, -0.05) is 17.7 Å². The zero-order valence-electron chi connectivity index (χ0n) is 22.1. The predicted molar refractivity (Wildman–Crippen MR) is 148 cm³/mol. The number of amides is 1. The highest BCUT2D eigenvalue weighted by atomic mass is 35.5. The van der Waals surface area contributed by atoms with Crippen LogP contribution in [0.2, 0.25) is 5.02 Å². The summed E-state index contributed by atoms with van der Waals surface area (Å²) in [6.45, 7) is 8.07. The van der Waals surface area contributed by atoms with Gasteiger partial charge in [-0.15, -0.1) is 0 Å². The first kappa shape index (κ1) is 27.3. The summed E-state index contributed by atoms with van der Waals surface area (Å²) < 4.78 is 19.8. The third-order valence-electron chi connectivity index (χ3n) is 7.14. The van der Waals surface area contributed by atoms with E-state index in [0.717, 1.165) is 70.0 Å². The van der Waals surface area contributed by atoms with Gasteiger partial charge in [0.1, 0.15) is 5.82 Å². The maximum Gasteiger partial charge on any atom is 0.256 e. The van der Waals surface area contributed by atoms with Crippen molar-refractivity contribution in [3.05, 3.63) is 58.1 Å². The molecule has 39 heavy (non-hydrogen) atoms. The number of anilines is 3. The number of aryl methyl sites for hydroxylation is 1. The molecule has 2 saturated heterocycles. The van der Waals surface area contributed by atoms with E-state index in [1.165, 1.54) is 12.1 Å². The number of nitrogens with zero attached hydrogens (tertiary/aromatic N) is 5. The first-order valence-electron chi connectivity index (χ1n) is 13.4. The van der Waals surface area contributed by atoms with Gasteiger partial charge >= 0.3 is 0 Å². The van der Waals surface area contributed by atoms with Gasteiger partial charge in [-0.05, 0) is 44.2 Å². The minimum absolute atomic E-state index is 0.0221. The number of rotatable bonds is 9. The maximum absolute atomic E-state index is 14.4. The monoisotopic (exact) mass is 556 g/mol. The molecule has 0 spiro atoms. The number of piperidine rings is 1. The molecule has 0 radical (unpaired) electrons. The molecule has 1 aromatic carbocycles. The smallest absolute Gasteiger partial charge is 0.256 e. The van der Waals surface area contributed by atoms with Crippen molar-refractivity contribution in [3.8, 4) is 0 Å². The molecule has 10 nitrogen and oxygen atoms in total. The summed E-state index contributed by atoms with van der Waals surface area (Å²) in [5.74, 6) is 1.30. The fourth-order valence-corrected chi connectivity index (χ4v) is 5.16. The van der Waals surface area contributed by atoms with E-state index in [9.17, 15) is 9.18 Å². The van der Waals surface area contributed by atoms with E-state index < -0.39 is 5.82 Å². The first-order chi connectivity index (χ1) is 18.9. The van der Waals surface area contributed by atoms with E-state index in [1.807, 2.05) is 19.1 Å². The fourth-order valence-electron chi connectivity index (χ4n) is 4.98. The summed E-state index contributed by atoms with van der Waals surface area (Å²) in [6.07, 6.45) is 2.36. The Morgan fingerprint density at radius 2 is 1.95 bits per heavy atom. The summed E-state index contributed by atoms with van der Waals surface area (Å²) >= 11 is 5.88. The number of ether oxygens (including phenoxy) is 1. The van der Waals surface area contributed by atoms with Crippen molar-refractivity contribution in [1.82, 2.24) is 30.0 Å². The molecule has 2 aliphatic rings. The van der Waals surface area contributed by atoms with Gasteiger partial charge in [-0.25, -0.2) is 9.37 Å². The number of benzene rings is 1. The minimum Gasteiger partial charge on any atom is -0.379 e. The van der Waals surface area contributed by atoms with E-state index in [4.69, 9.17) is 21.3 Å². The van der Waals surface area contributed by atoms with Crippen molar-refractivity contribution in [2.75, 3.05) is 63.1 Å². The summed E-state index contributed by atoms with van der Waals surface area (Å²) in [4.78, 5) is 26.4. The molecule has 208 valence electrons. The number of aromatic amines is 1. The molecule has 0 bridgehead atoms. The van der Waals surface area contributed by atoms with Crippen LogP contribution in [0.4, 0.5) is 22.0 Å². The van der Waals surface area contributed by atoms with Crippen molar-refractivity contribution >= 4 is 35.1 Å². The molecule has 0 unspecified atom stereocenters. The van der Waals surface area contributed by atoms with Crippen LogP contribution in [0.25, 0.3) is 0 Å². The second-order valence-electron chi connectivity index (χ2n) is 10.1. The van der Waals surface area contributed by atoms with Crippen molar-refractivity contribution in [1.29, 1.82) is 0 Å². The molecule has 3 aromatic rings. The standard InChI is InChI=1S/C27H34ClFN8O2/c1-18-15-24(35-34-18)32-23-17-20(31-27(33-23)30-7-10-36-11-13-39-14-12-36)16-19-5-8-37(9-6-19)26(38)21-3-2-4-22(28)25(21)29/h2-4,15,17,19H,5-14,16H2,1H3,(H3,30,31,32,33,34,35). The number of nitrogens with one attached hydrogen (secondary N) is 3. The number of hydrogen-bond acceptors (Lipinski definition) is 8. The second-order valence-corrected chi connectivity index (χ2v) is 10.5. The van der Waals surface area contributed by atoms with Gasteiger partial charge in [-0.2, -0.15) is 10.1 Å². The van der Waals surface area contributed by atoms with Crippen LogP contribution in [0.3, 0.4) is 0 Å². The molecule has 5 rings (SSSR count). The molecule has 0 saturated carbocycles. The van der Waals surface area contributed by atoms with Crippen LogP contribution in [0, 0.1) is 18.7 Å². The molecular weight excluding hydrogens is 523 g/mol. The molecule has 2 aromatic heterocycles. The number of carbonyl (C=O) groups is 1. The van der Waals surface area contributed by atoms with Crippen molar-refractivity contribution in [2.24, 2.45) is 5.92 Å². The third-order valence-corrected chi connectivity index (χ3v) is 7.43. The Hall–Kier alpha value is -3.28. The van der Waals surface area contributed by atoms with Crippen LogP contribution in [0.5, 0.6) is 0 Å². The summed E-state index contributed by atoms with van der Waals surface area (Å²) in [5.41, 5.74) is 1.89. The van der Waals surface area contributed by atoms with Crippen molar-refractivity contribution in [2.45, 2.75) is 26.2 Å². The summed E-state index contributed by atoms with van der Waals surface area (Å²) in [7, 11) is 0. The molecule has 12 heteroatoms. The quantitative estimate of drug-likeness (QED) is 0.364. The number of morpholine rings is 1. The lowest BCUT2D eigenvalue weighted by atomic mass is 9.91. The van der Waals surface area contributed by atoms with Gasteiger partial charge in [-0.3, -0.25) is 14.8 Å². The number of H-pyrrole nitrogens is 1. The largest absolute Gasteiger partial charge is 0.379 e. The van der Waals surface area contributed by atoms with E-state index in [0.29, 0.717) is 36.6 Å². The van der Waals surface area contributed by atoms with Crippen LogP contribution in [-0.2, 0) is 11.2 Å². The van der Waals surface area contributed by atoms with Crippen LogP contribution < -0.4 is 10.6 Å². The number of hydrogen-bond donors (Lipinski definition) is 3. The average molecular weight is 557 g/mol. The molecule has 1 amide bonds. The lowest BCUT2D eigenvalue weighted by Gasteiger charge is -2.32. The van der Waals surface area contributed by atoms with Gasteiger partial charge in [0.25, 0.3) is 5.91 Å². The highest BCUT2D eigenvalue weighted by Crippen LogP contribution is 2.26. The van der Waals surface area contributed by atoms with E-state index >= 15 is 0 Å². The Balaban J connectivity index is 1.22. The SMILES string of the molecule is Cc1cc(Nc2cc(CC3CCN(C(=O)c4cccc(Cl)c4F)CC3)nc(NCCN3CCOCC3)n2)n[nH]1. The Labute approximate surface area is 232 Å². The minimum atomic E-state index is -0.659. The van der Waals surface area contributed by atoms with E-state index in [1.54, 1.807) is 11.0 Å². The topological polar surface area (TPSA) is 111 Å². The molecule has 2 fully saturated rings. The van der Waals surface area contributed by atoms with E-state index in [-0.39, 0.29) is 16.5 Å². The van der Waals surface area contributed by atoms with Crippen molar-refractivity contribution in [3.63, 3.8) is 0 Å². The second kappa shape index (κ2) is 12.7. The molecule has 0 atom stereocenters. The predicted octanol–water partition coefficient (Wildman–Crippen LogP) is 3.88. The Kier molecular flexibility index (Phi) is 8.90. The zero-order valence-corrected chi connectivity index (χ0v) is 22.8. The first-order valence-corrected chi connectivity index (χ1v) is 13.8. The Morgan fingerprint density at radius 3 is 2.69 bits per heavy atom. The molecule has 2 aliphatic heterocycles. The normalized spacial score (nSPS) is 16.8. The fraction of sp³-hybridized carbons (Fsp3) is 0.481. The van der Waals surface area contributed by atoms with Gasteiger partial charge in [0.15, 0.2) is 11.6 Å². The van der Waals surface area contributed by atoms with Gasteiger partial charge in [0.2, 0.25) is 5.95 Å². The molecular formula is C27H34ClFN8O2. The Morgan fingerprint density at radius 1 is 1.15 bits per heavy atom. The van der Waals surface area contributed by atoms with Crippen LogP contribution in [0.1, 0.15) is 34.6 Å². The van der Waals surface area contributed by atoms with Crippen LogP contribution >= 0.6 is 11.6 Å². The molecule has 4 heterocycles. The summed E-state index contributed by atoms with van der Waals surface area (Å²) in [5, 5.41) is 13.8. The van der Waals surface area contributed by atoms with E-state index in [2.05, 4.69) is 30.7 Å². The number of carbonyl (C=O) groups excluding carboxylic acids is 1. The lowest BCUT2D eigenvalue weighted by Crippen LogP contribution is -2.39. The highest BCUT2D eigenvalue weighted by Gasteiger charge is 2.26. The zero-order chi connectivity index (χ0) is 27.2. The third kappa shape index (κ3) is 7.23. The van der Waals surface area contributed by atoms with Crippen LogP contribution in [0.15, 0.2) is 30.3 Å².